The molecule has 3 N–H and O–H groups in total. The van der Waals surface area contributed by atoms with Crippen molar-refractivity contribution in [2.24, 2.45) is 0 Å². The van der Waals surface area contributed by atoms with Crippen molar-refractivity contribution in [1.82, 2.24) is 19.8 Å². The first-order valence-corrected chi connectivity index (χ1v) is 18.9. The number of anilines is 1. The van der Waals surface area contributed by atoms with E-state index in [1.54, 1.807) is 61.8 Å². The number of piperidine rings is 1. The molecule has 0 bridgehead atoms. The van der Waals surface area contributed by atoms with Crippen molar-refractivity contribution in [3.05, 3.63) is 110 Å². The molecule has 7 rings (SSSR count). The van der Waals surface area contributed by atoms with Gasteiger partial charge < -0.3 is 15.5 Å². The van der Waals surface area contributed by atoms with Crippen LogP contribution in [0.1, 0.15) is 88.9 Å². The third kappa shape index (κ3) is 8.47. The van der Waals surface area contributed by atoms with Crippen molar-refractivity contribution in [3.63, 3.8) is 0 Å². The molecule has 2 atom stereocenters. The summed E-state index contributed by atoms with van der Waals surface area (Å²) in [4.78, 5) is 38.5. The first kappa shape index (κ1) is 37.1. The molecule has 53 heavy (non-hydrogen) atoms. The number of halogens is 3. The Morgan fingerprint density at radius 2 is 1.74 bits per heavy atom. The van der Waals surface area contributed by atoms with E-state index < -0.39 is 29.8 Å². The Balaban J connectivity index is 1.09. The van der Waals surface area contributed by atoms with Gasteiger partial charge in [-0.1, -0.05) is 60.0 Å². The summed E-state index contributed by atoms with van der Waals surface area (Å²) >= 11 is 13.8. The number of carbonyl (C=O) groups excluding carboxylic acids is 1. The number of β-amino-alcohol motifs (C(OH)–C–C–N with tert-alkyl or cyclic N) is 1. The Morgan fingerprint density at radius 1 is 0.981 bits per heavy atom. The van der Waals surface area contributed by atoms with Gasteiger partial charge in [0.2, 0.25) is 0 Å². The van der Waals surface area contributed by atoms with Crippen molar-refractivity contribution in [2.75, 3.05) is 25.0 Å². The van der Waals surface area contributed by atoms with Crippen LogP contribution >= 0.6 is 23.2 Å². The van der Waals surface area contributed by atoms with Crippen LogP contribution in [0.2, 0.25) is 10.0 Å². The molecule has 2 aliphatic heterocycles. The molecular weight excluding hydrogens is 716 g/mol. The molecule has 4 aromatic rings. The lowest BCUT2D eigenvalue weighted by molar-refractivity contribution is -0.144. The van der Waals surface area contributed by atoms with Crippen LogP contribution in [0.15, 0.2) is 60.9 Å². The summed E-state index contributed by atoms with van der Waals surface area (Å²) in [5, 5.41) is 23.0. The number of fused-ring (bicyclic) bond motifs is 1. The summed E-state index contributed by atoms with van der Waals surface area (Å²) in [5.74, 6) is -1.42. The Kier molecular flexibility index (Phi) is 11.2. The molecule has 4 heterocycles. The van der Waals surface area contributed by atoms with Crippen molar-refractivity contribution in [3.8, 4) is 11.1 Å². The molecule has 276 valence electrons. The van der Waals surface area contributed by atoms with Crippen LogP contribution in [0.3, 0.4) is 0 Å². The van der Waals surface area contributed by atoms with Crippen LogP contribution in [0, 0.1) is 0 Å². The van der Waals surface area contributed by atoms with Crippen LogP contribution < -0.4 is 5.32 Å². The van der Waals surface area contributed by atoms with E-state index in [9.17, 15) is 19.8 Å². The third-order valence-electron chi connectivity index (χ3n) is 10.3. The monoisotopic (exact) mass is 757 g/mol. The number of benzene rings is 2. The minimum atomic E-state index is -0.803. The lowest BCUT2D eigenvalue weighted by Crippen LogP contribution is -2.44. The summed E-state index contributed by atoms with van der Waals surface area (Å²) in [6.07, 6.45) is 9.61. The van der Waals surface area contributed by atoms with E-state index in [0.29, 0.717) is 65.9 Å². The highest BCUT2D eigenvalue weighted by atomic mass is 35.5. The Bertz CT molecular complexity index is 2070. The number of nitrogens with zero attached hydrogens (tertiary/aromatic N) is 4. The Morgan fingerprint density at radius 3 is 2.49 bits per heavy atom. The van der Waals surface area contributed by atoms with Gasteiger partial charge in [-0.2, -0.15) is 0 Å². The zero-order valence-corrected chi connectivity index (χ0v) is 31.0. The molecule has 0 radical (unpaired) electrons. The number of rotatable bonds is 11. The van der Waals surface area contributed by atoms with Gasteiger partial charge in [-0.05, 0) is 104 Å². The second-order valence-electron chi connectivity index (χ2n) is 14.4. The highest BCUT2D eigenvalue weighted by Gasteiger charge is 2.32. The molecule has 1 aliphatic carbocycles. The fourth-order valence-electron chi connectivity index (χ4n) is 7.47. The van der Waals surface area contributed by atoms with Crippen LogP contribution in [0.4, 0.5) is 10.1 Å². The number of pyridine rings is 2. The maximum Gasteiger partial charge on any atom is 0.320 e. The first-order chi connectivity index (χ1) is 25.5. The number of carboxylic acid groups (broad SMARTS) is 1. The van der Waals surface area contributed by atoms with Gasteiger partial charge in [0.15, 0.2) is 0 Å². The smallest absolute Gasteiger partial charge is 0.320 e. The number of amides is 1. The van der Waals surface area contributed by atoms with Crippen molar-refractivity contribution < 1.29 is 24.2 Å². The summed E-state index contributed by atoms with van der Waals surface area (Å²) in [6, 6.07) is 13.6. The topological polar surface area (TPSA) is 119 Å². The zero-order valence-electron chi connectivity index (χ0n) is 29.5. The maximum atomic E-state index is 15.7. The van der Waals surface area contributed by atoms with Crippen LogP contribution in [-0.4, -0.2) is 73.6 Å². The number of aliphatic hydroxyl groups is 1. The minimum absolute atomic E-state index is 0.222. The summed E-state index contributed by atoms with van der Waals surface area (Å²) in [5.41, 5.74) is 6.48. The Labute approximate surface area is 318 Å². The average molecular weight is 759 g/mol. The van der Waals surface area contributed by atoms with E-state index in [1.165, 1.54) is 6.08 Å². The van der Waals surface area contributed by atoms with E-state index >= 15 is 4.39 Å². The molecular formula is C41H42Cl2FN5O4. The fraction of sp³-hybridized carbons (Fsp3) is 0.366. The molecule has 1 amide bonds. The first-order valence-electron chi connectivity index (χ1n) is 18.2. The van der Waals surface area contributed by atoms with E-state index in [2.05, 4.69) is 20.2 Å². The van der Waals surface area contributed by atoms with E-state index in [0.717, 1.165) is 60.9 Å². The predicted molar refractivity (Wildman–Crippen MR) is 206 cm³/mol. The molecule has 2 aromatic carbocycles. The van der Waals surface area contributed by atoms with E-state index in [4.69, 9.17) is 23.2 Å². The Hall–Kier alpha value is -4.19. The summed E-state index contributed by atoms with van der Waals surface area (Å²) < 4.78 is 15.7. The van der Waals surface area contributed by atoms with Gasteiger partial charge in [0.05, 0.1) is 27.5 Å². The normalized spacial score (nSPS) is 18.7. The van der Waals surface area contributed by atoms with Crippen LogP contribution in [0.25, 0.3) is 23.0 Å². The van der Waals surface area contributed by atoms with Crippen LogP contribution in [0.5, 0.6) is 0 Å². The highest BCUT2D eigenvalue weighted by molar-refractivity contribution is 6.39. The molecule has 1 saturated carbocycles. The maximum absolute atomic E-state index is 15.7. The zero-order chi connectivity index (χ0) is 37.2. The molecule has 3 aliphatic rings. The number of carbonyl (C=O) groups is 2. The van der Waals surface area contributed by atoms with E-state index in [1.807, 2.05) is 11.0 Å². The summed E-state index contributed by atoms with van der Waals surface area (Å²) in [7, 11) is 0. The quantitative estimate of drug-likeness (QED) is 0.140. The standard InChI is InChI=1S/C41H42Cl2FN5O4/c1-24(50)21-48-15-13-26-17-35(45-19-28(26)22-48)33(44)16-27-6-4-7-30(38(27)42)31-8-5-9-34(39(31)43)47-40(51)36-18-32(25-11-12-25)29(20-46-36)23-49-14-3-2-10-37(49)41(52)53/h4-9,16-20,24-25,37,50H,2-3,10-15,21-23H2,1H3,(H,47,51)(H,52,53)/b33-16-/t24-,37+/m1/s1. The predicted octanol–water partition coefficient (Wildman–Crippen LogP) is 8.23. The number of aliphatic hydroxyl groups excluding tert-OH is 1. The number of carboxylic acids is 1. The molecule has 1 saturated heterocycles. The van der Waals surface area contributed by atoms with Gasteiger partial charge in [-0.25, -0.2) is 4.39 Å². The minimum Gasteiger partial charge on any atom is -0.480 e. The van der Waals surface area contributed by atoms with Crippen molar-refractivity contribution in [1.29, 1.82) is 0 Å². The number of likely N-dealkylation sites (tertiary alicyclic amines) is 1. The molecule has 9 nitrogen and oxygen atoms in total. The van der Waals surface area contributed by atoms with Gasteiger partial charge in [0.25, 0.3) is 5.91 Å². The second-order valence-corrected chi connectivity index (χ2v) is 15.1. The van der Waals surface area contributed by atoms with E-state index in [-0.39, 0.29) is 16.4 Å². The van der Waals surface area contributed by atoms with Gasteiger partial charge in [0, 0.05) is 49.7 Å². The van der Waals surface area contributed by atoms with Crippen molar-refractivity contribution >= 4 is 52.7 Å². The van der Waals surface area contributed by atoms with Crippen LogP contribution in [-0.2, 0) is 24.3 Å². The molecule has 2 fully saturated rings. The fourth-order valence-corrected chi connectivity index (χ4v) is 8.03. The van der Waals surface area contributed by atoms with Gasteiger partial charge in [-0.15, -0.1) is 0 Å². The largest absolute Gasteiger partial charge is 0.480 e. The molecule has 2 aromatic heterocycles. The number of aromatic nitrogens is 2. The molecule has 12 heteroatoms. The average Bonchev–Trinajstić information content (AvgIpc) is 3.99. The lowest BCUT2D eigenvalue weighted by atomic mass is 9.99. The number of hydrogen-bond donors (Lipinski definition) is 3. The van der Waals surface area contributed by atoms with Crippen molar-refractivity contribution in [2.45, 2.75) is 76.6 Å². The van der Waals surface area contributed by atoms with Gasteiger partial charge in [0.1, 0.15) is 17.6 Å². The second kappa shape index (κ2) is 16.0. The number of hydrogen-bond acceptors (Lipinski definition) is 7. The van der Waals surface area contributed by atoms with Gasteiger partial charge in [-0.3, -0.25) is 29.4 Å². The molecule has 0 spiro atoms. The summed E-state index contributed by atoms with van der Waals surface area (Å²) in [6.45, 7) is 4.98. The van der Waals surface area contributed by atoms with Gasteiger partial charge >= 0.3 is 5.97 Å². The SMILES string of the molecule is C[C@@H](O)CN1CCc2cc(/C(F)=C/c3cccc(-c4cccc(NC(=O)c5cc(C6CC6)c(CN6CCCC[C@H]6C(=O)O)cn5)c4Cl)c3Cl)ncc2C1. The molecule has 0 unspecified atom stereocenters. The lowest BCUT2D eigenvalue weighted by Gasteiger charge is -2.33. The highest BCUT2D eigenvalue weighted by Crippen LogP contribution is 2.43. The number of aliphatic carboxylic acids is 1. The third-order valence-corrected chi connectivity index (χ3v) is 11.2. The number of nitrogens with one attached hydrogen (secondary N) is 1.